The second-order valence-electron chi connectivity index (χ2n) is 14.3. The Morgan fingerprint density at radius 2 is 1.48 bits per heavy atom. The number of piperidine rings is 1. The lowest BCUT2D eigenvalue weighted by molar-refractivity contribution is -0.119. The van der Waals surface area contributed by atoms with Gasteiger partial charge in [-0.3, -0.25) is 19.7 Å². The minimum atomic E-state index is -0.951. The second-order valence-corrected chi connectivity index (χ2v) is 14.3. The Kier molecular flexibility index (Phi) is 11.9. The number of carbonyl (C=O) groups excluding carboxylic acids is 2. The van der Waals surface area contributed by atoms with E-state index in [0.717, 1.165) is 38.0 Å². The maximum atomic E-state index is 13.1. The molecule has 2 heterocycles. The second kappa shape index (κ2) is 17.3. The van der Waals surface area contributed by atoms with Gasteiger partial charge in [0.25, 0.3) is 0 Å². The highest BCUT2D eigenvalue weighted by molar-refractivity contribution is 6.10. The van der Waals surface area contributed by atoms with Crippen molar-refractivity contribution < 1.29 is 33.7 Å². The lowest BCUT2D eigenvalue weighted by Crippen LogP contribution is -2.36. The number of ketones is 1. The van der Waals surface area contributed by atoms with E-state index >= 15 is 0 Å². The summed E-state index contributed by atoms with van der Waals surface area (Å²) in [7, 11) is 0. The molecule has 1 atom stereocenters. The average molecular weight is 754 g/mol. The van der Waals surface area contributed by atoms with Gasteiger partial charge in [0, 0.05) is 31.8 Å². The van der Waals surface area contributed by atoms with Crippen molar-refractivity contribution in [1.29, 1.82) is 0 Å². The third-order valence-corrected chi connectivity index (χ3v) is 10.8. The topological polar surface area (TPSA) is 128 Å². The van der Waals surface area contributed by atoms with Crippen molar-refractivity contribution in [3.05, 3.63) is 119 Å². The molecule has 1 aromatic heterocycles. The molecule has 1 aliphatic heterocycles. The molecule has 0 amide bonds. The first kappa shape index (κ1) is 38.4. The van der Waals surface area contributed by atoms with Gasteiger partial charge in [-0.2, -0.15) is 0 Å². The number of likely N-dealkylation sites (tertiary alicyclic amines) is 1. The van der Waals surface area contributed by atoms with Gasteiger partial charge in [-0.1, -0.05) is 48.5 Å². The van der Waals surface area contributed by atoms with E-state index in [1.54, 1.807) is 19.2 Å². The van der Waals surface area contributed by atoms with Crippen molar-refractivity contribution in [2.45, 2.75) is 58.9 Å². The third-order valence-electron chi connectivity index (χ3n) is 10.8. The minimum absolute atomic E-state index is 0.230. The minimum Gasteiger partial charge on any atom is -0.493 e. The molecule has 6 aromatic rings. The molecule has 1 unspecified atom stereocenters. The van der Waals surface area contributed by atoms with Gasteiger partial charge in [0.15, 0.2) is 0 Å². The van der Waals surface area contributed by atoms with Crippen LogP contribution in [-0.2, 0) is 22.5 Å². The Hall–Kier alpha value is -5.87. The van der Waals surface area contributed by atoms with Crippen molar-refractivity contribution in [3.63, 3.8) is 0 Å². The lowest BCUT2D eigenvalue weighted by Gasteiger charge is -2.38. The summed E-state index contributed by atoms with van der Waals surface area (Å²) in [6.45, 7) is 9.44. The highest BCUT2D eigenvalue weighted by Crippen LogP contribution is 2.43. The highest BCUT2D eigenvalue weighted by atomic mass is 16.5. The maximum absolute atomic E-state index is 13.1. The predicted octanol–water partition coefficient (Wildman–Crippen LogP) is 8.81. The third kappa shape index (κ3) is 8.21. The number of aromatic carboxylic acids is 1. The summed E-state index contributed by atoms with van der Waals surface area (Å²) in [6.07, 6.45) is 6.38. The van der Waals surface area contributed by atoms with E-state index in [1.165, 1.54) is 51.0 Å². The highest BCUT2D eigenvalue weighted by Gasteiger charge is 2.34. The largest absolute Gasteiger partial charge is 0.493 e. The summed E-state index contributed by atoms with van der Waals surface area (Å²) < 4.78 is 17.1. The molecular formula is C46H47N3O7. The van der Waals surface area contributed by atoms with Gasteiger partial charge in [-0.25, -0.2) is 9.59 Å². The number of carboxylic acid groups (broad SMARTS) is 1. The molecule has 8 rings (SSSR count). The first-order valence-electron chi connectivity index (χ1n) is 19.5. The van der Waals surface area contributed by atoms with Gasteiger partial charge >= 0.3 is 11.9 Å². The molecule has 1 aliphatic carbocycles. The molecule has 0 saturated carbocycles. The first-order chi connectivity index (χ1) is 27.3. The van der Waals surface area contributed by atoms with Crippen LogP contribution in [0.25, 0.3) is 32.6 Å². The summed E-state index contributed by atoms with van der Waals surface area (Å²) in [5.74, 6) is 0.739. The number of hydrogen-bond acceptors (Lipinski definition) is 9. The fourth-order valence-electron chi connectivity index (χ4n) is 8.30. The Bertz CT molecular complexity index is 2380. The predicted molar refractivity (Wildman–Crippen MR) is 217 cm³/mol. The van der Waals surface area contributed by atoms with E-state index < -0.39 is 11.9 Å². The summed E-state index contributed by atoms with van der Waals surface area (Å²) in [6, 6.07) is 26.1. The van der Waals surface area contributed by atoms with E-state index in [4.69, 9.17) is 19.3 Å². The molecule has 1 saturated heterocycles. The molecule has 10 nitrogen and oxygen atoms in total. The number of rotatable bonds is 10. The van der Waals surface area contributed by atoms with Gasteiger partial charge in [-0.05, 0) is 127 Å². The number of nitrogens with zero attached hydrogens (tertiary/aromatic N) is 3. The number of benzene rings is 5. The van der Waals surface area contributed by atoms with Crippen LogP contribution < -0.4 is 9.47 Å². The molecule has 5 aromatic carbocycles. The first-order valence-corrected chi connectivity index (χ1v) is 19.5. The van der Waals surface area contributed by atoms with Gasteiger partial charge in [0.2, 0.25) is 0 Å². The molecule has 0 radical (unpaired) electrons. The van der Waals surface area contributed by atoms with E-state index in [1.807, 2.05) is 26.0 Å². The number of carboxylic acids is 1. The zero-order valence-corrected chi connectivity index (χ0v) is 32.1. The van der Waals surface area contributed by atoms with Crippen molar-refractivity contribution in [2.75, 3.05) is 32.9 Å². The fourth-order valence-corrected chi connectivity index (χ4v) is 8.30. The van der Waals surface area contributed by atoms with Crippen molar-refractivity contribution in [1.82, 2.24) is 14.9 Å². The number of aromatic nitrogens is 2. The fraction of sp³-hybridized carbons (Fsp3) is 0.326. The van der Waals surface area contributed by atoms with Crippen LogP contribution in [0.5, 0.6) is 11.5 Å². The summed E-state index contributed by atoms with van der Waals surface area (Å²) in [5.41, 5.74) is 5.55. The summed E-state index contributed by atoms with van der Waals surface area (Å²) in [5, 5.41) is 13.7. The Labute approximate surface area is 326 Å². The van der Waals surface area contributed by atoms with Crippen LogP contribution in [0.15, 0.2) is 91.3 Å². The van der Waals surface area contributed by atoms with Gasteiger partial charge in [0.1, 0.15) is 22.8 Å². The van der Waals surface area contributed by atoms with Crippen LogP contribution in [0.2, 0.25) is 0 Å². The molecular weight excluding hydrogens is 707 g/mol. The Morgan fingerprint density at radius 3 is 2.18 bits per heavy atom. The van der Waals surface area contributed by atoms with E-state index in [0.29, 0.717) is 65.9 Å². The zero-order valence-electron chi connectivity index (χ0n) is 32.1. The Morgan fingerprint density at radius 1 is 0.786 bits per heavy atom. The molecule has 10 heteroatoms. The Balaban J connectivity index is 0.000000311. The van der Waals surface area contributed by atoms with Crippen molar-refractivity contribution in [2.24, 2.45) is 5.92 Å². The maximum Gasteiger partial charge on any atom is 0.345 e. The smallest absolute Gasteiger partial charge is 0.345 e. The normalized spacial score (nSPS) is 15.9. The van der Waals surface area contributed by atoms with Crippen LogP contribution in [0, 0.1) is 5.92 Å². The van der Waals surface area contributed by atoms with Gasteiger partial charge in [-0.15, -0.1) is 0 Å². The quantitative estimate of drug-likeness (QED) is 0.107. The number of Topliss-reactive ketones (excluding diaryl/α,β-unsaturated/α-hetero) is 1. The standard InChI is InChI=1S/C37H41NO5.C9H6N2O2/c1-4-41-34-19-24(20-35(42-5-2)36(34)37(40)43-6-3)23-38-17-15-26(16-18-38)32-21-27(39)22-33-30-12-11-25-9-7-8-10-28(25)29(30)13-14-31(32)33;12-9(13)6-1-2-7-8(5-6)11-4-3-10-7/h7-14,19-20,26,32H,4-6,15-18,21-23H2,1-3H3;1-5H,(H,12,13). The van der Waals surface area contributed by atoms with E-state index in [2.05, 4.69) is 63.4 Å². The molecule has 1 N–H and O–H groups in total. The molecule has 56 heavy (non-hydrogen) atoms. The van der Waals surface area contributed by atoms with Crippen molar-refractivity contribution >= 4 is 50.3 Å². The van der Waals surface area contributed by atoms with E-state index in [-0.39, 0.29) is 18.1 Å². The SMILES string of the molecule is CCOC(=O)c1c(OCC)cc(CN2CCC(C3CC(=O)Cc4c3ccc3c4ccc4ccccc43)CC2)cc1OCC.O=C(O)c1ccc2nccnc2c1. The van der Waals surface area contributed by atoms with Gasteiger partial charge in [0.05, 0.1) is 36.4 Å². The van der Waals surface area contributed by atoms with Crippen LogP contribution in [0.4, 0.5) is 0 Å². The monoisotopic (exact) mass is 753 g/mol. The summed E-state index contributed by atoms with van der Waals surface area (Å²) in [4.78, 5) is 46.9. The van der Waals surface area contributed by atoms with E-state index in [9.17, 15) is 14.4 Å². The number of ether oxygens (including phenoxy) is 3. The van der Waals surface area contributed by atoms with Crippen LogP contribution >= 0.6 is 0 Å². The number of hydrogen-bond donors (Lipinski definition) is 1. The molecule has 1 fully saturated rings. The van der Waals surface area contributed by atoms with Crippen LogP contribution in [-0.4, -0.2) is 70.6 Å². The lowest BCUT2D eigenvalue weighted by atomic mass is 9.71. The van der Waals surface area contributed by atoms with Crippen LogP contribution in [0.1, 0.15) is 83.4 Å². The van der Waals surface area contributed by atoms with Gasteiger partial charge < -0.3 is 19.3 Å². The van der Waals surface area contributed by atoms with Crippen LogP contribution in [0.3, 0.4) is 0 Å². The number of fused-ring (bicyclic) bond motifs is 6. The number of carbonyl (C=O) groups is 3. The zero-order chi connectivity index (χ0) is 39.2. The summed E-state index contributed by atoms with van der Waals surface area (Å²) >= 11 is 0. The molecule has 0 spiro atoms. The molecule has 2 aliphatic rings. The average Bonchev–Trinajstić information content (AvgIpc) is 3.21. The number of esters is 1. The molecule has 288 valence electrons. The van der Waals surface area contributed by atoms with Crippen molar-refractivity contribution in [3.8, 4) is 11.5 Å². The molecule has 0 bridgehead atoms.